The summed E-state index contributed by atoms with van der Waals surface area (Å²) in [7, 11) is 0. The van der Waals surface area contributed by atoms with Crippen LogP contribution in [-0.2, 0) is 9.47 Å². The average molecular weight is 194 g/mol. The van der Waals surface area contributed by atoms with E-state index < -0.39 is 0 Å². The van der Waals surface area contributed by atoms with Crippen molar-refractivity contribution in [3.63, 3.8) is 0 Å². The number of rotatable bonds is 0. The third-order valence-corrected chi connectivity index (χ3v) is 3.51. The third-order valence-electron chi connectivity index (χ3n) is 3.51. The maximum atomic E-state index is 5.61. The smallest absolute Gasteiger partial charge is 0.0844 e. The molecule has 3 rings (SSSR count). The van der Waals surface area contributed by atoms with Gasteiger partial charge in [-0.15, -0.1) is 0 Å². The Labute approximate surface area is 85.3 Å². The Kier molecular flexibility index (Phi) is 2.34. The van der Waals surface area contributed by atoms with Crippen LogP contribution in [0.2, 0.25) is 0 Å². The minimum Gasteiger partial charge on any atom is -0.370 e. The predicted octanol–water partition coefficient (Wildman–Crippen LogP) is 2.43. The Balaban J connectivity index is 1.54. The first-order valence-electron chi connectivity index (χ1n) is 5.89. The normalized spacial score (nSPS) is 49.1. The number of hydrogen-bond acceptors (Lipinski definition) is 2. The summed E-state index contributed by atoms with van der Waals surface area (Å²) in [5.41, 5.74) is 0. The number of ether oxygens (including phenoxy) is 2. The summed E-state index contributed by atoms with van der Waals surface area (Å²) < 4.78 is 11.2. The second kappa shape index (κ2) is 3.67. The van der Waals surface area contributed by atoms with E-state index in [1.165, 1.54) is 38.5 Å². The quantitative estimate of drug-likeness (QED) is 0.437. The van der Waals surface area contributed by atoms with Crippen LogP contribution in [0.15, 0.2) is 12.2 Å². The van der Waals surface area contributed by atoms with Gasteiger partial charge in [-0.05, 0) is 38.5 Å². The van der Waals surface area contributed by atoms with Crippen molar-refractivity contribution in [2.45, 2.75) is 62.9 Å². The lowest BCUT2D eigenvalue weighted by atomic mass is 10.0. The van der Waals surface area contributed by atoms with Crippen molar-refractivity contribution < 1.29 is 9.47 Å². The average Bonchev–Trinajstić information content (AvgIpc) is 3.02. The maximum absolute atomic E-state index is 5.61. The van der Waals surface area contributed by atoms with Crippen LogP contribution in [0.3, 0.4) is 0 Å². The molecule has 2 aliphatic heterocycles. The Bertz CT molecular complexity index is 212. The molecule has 0 N–H and O–H groups in total. The molecule has 78 valence electrons. The maximum Gasteiger partial charge on any atom is 0.0844 e. The van der Waals surface area contributed by atoms with E-state index in [0.29, 0.717) is 24.4 Å². The van der Waals surface area contributed by atoms with Crippen molar-refractivity contribution in [1.29, 1.82) is 0 Å². The van der Waals surface area contributed by atoms with E-state index >= 15 is 0 Å². The highest BCUT2D eigenvalue weighted by molar-refractivity contribution is 4.95. The molecule has 0 bridgehead atoms. The zero-order chi connectivity index (χ0) is 9.38. The van der Waals surface area contributed by atoms with Crippen LogP contribution in [-0.4, -0.2) is 24.4 Å². The van der Waals surface area contributed by atoms with Gasteiger partial charge in [-0.1, -0.05) is 12.2 Å². The van der Waals surface area contributed by atoms with Crippen molar-refractivity contribution >= 4 is 0 Å². The Morgan fingerprint density at radius 2 is 1.07 bits per heavy atom. The van der Waals surface area contributed by atoms with Crippen molar-refractivity contribution in [2.24, 2.45) is 0 Å². The minimum atomic E-state index is 0.563. The van der Waals surface area contributed by atoms with E-state index in [1.54, 1.807) is 0 Å². The molecule has 2 heteroatoms. The van der Waals surface area contributed by atoms with Gasteiger partial charge in [0.15, 0.2) is 0 Å². The van der Waals surface area contributed by atoms with E-state index in [-0.39, 0.29) is 0 Å². The summed E-state index contributed by atoms with van der Waals surface area (Å²) in [6.07, 6.45) is 14.1. The lowest BCUT2D eigenvalue weighted by Gasteiger charge is -1.95. The molecule has 0 aromatic carbocycles. The van der Waals surface area contributed by atoms with E-state index in [9.17, 15) is 0 Å². The number of allylic oxidation sites excluding steroid dienone is 2. The summed E-state index contributed by atoms with van der Waals surface area (Å²) in [6, 6.07) is 0. The van der Waals surface area contributed by atoms with Gasteiger partial charge >= 0.3 is 0 Å². The molecule has 0 saturated carbocycles. The summed E-state index contributed by atoms with van der Waals surface area (Å²) in [5.74, 6) is 0. The molecule has 2 nitrogen and oxygen atoms in total. The standard InChI is InChI=1S/C12H18O2/c1-2-4-6-10-12(14-10)8-7-11-9(13-11)5-3-1/h1-2,9-12H,3-8H2/b2-1-. The molecule has 0 amide bonds. The lowest BCUT2D eigenvalue weighted by molar-refractivity contribution is 0.329. The predicted molar refractivity (Wildman–Crippen MR) is 54.2 cm³/mol. The minimum absolute atomic E-state index is 0.563. The number of hydrogen-bond donors (Lipinski definition) is 0. The largest absolute Gasteiger partial charge is 0.370 e. The molecular weight excluding hydrogens is 176 g/mol. The van der Waals surface area contributed by atoms with Gasteiger partial charge in [-0.3, -0.25) is 0 Å². The van der Waals surface area contributed by atoms with Crippen LogP contribution in [0.4, 0.5) is 0 Å². The van der Waals surface area contributed by atoms with Gasteiger partial charge in [-0.2, -0.15) is 0 Å². The molecule has 3 aliphatic rings. The molecule has 1 aliphatic carbocycles. The van der Waals surface area contributed by atoms with Crippen molar-refractivity contribution in [1.82, 2.24) is 0 Å². The molecule has 0 aromatic heterocycles. The van der Waals surface area contributed by atoms with Crippen LogP contribution in [0.25, 0.3) is 0 Å². The van der Waals surface area contributed by atoms with E-state index in [4.69, 9.17) is 9.47 Å². The number of epoxide rings is 2. The first kappa shape index (κ1) is 8.93. The van der Waals surface area contributed by atoms with Gasteiger partial charge in [-0.25, -0.2) is 0 Å². The van der Waals surface area contributed by atoms with Crippen LogP contribution in [0, 0.1) is 0 Å². The van der Waals surface area contributed by atoms with Crippen LogP contribution >= 0.6 is 0 Å². The Morgan fingerprint density at radius 1 is 0.643 bits per heavy atom. The zero-order valence-electron chi connectivity index (χ0n) is 8.52. The number of fused-ring (bicyclic) bond motifs is 2. The SMILES string of the molecule is C1=C\CCC2OC2CCC2OC2CC/1. The van der Waals surface area contributed by atoms with Gasteiger partial charge in [0.1, 0.15) is 0 Å². The molecule has 0 aromatic rings. The summed E-state index contributed by atoms with van der Waals surface area (Å²) >= 11 is 0. The molecule has 0 radical (unpaired) electrons. The first-order valence-corrected chi connectivity index (χ1v) is 5.89. The Hall–Kier alpha value is -0.340. The van der Waals surface area contributed by atoms with Crippen LogP contribution in [0.5, 0.6) is 0 Å². The molecule has 2 heterocycles. The lowest BCUT2D eigenvalue weighted by Crippen LogP contribution is -2.00. The van der Waals surface area contributed by atoms with Gasteiger partial charge in [0.2, 0.25) is 0 Å². The highest BCUT2D eigenvalue weighted by Gasteiger charge is 2.42. The van der Waals surface area contributed by atoms with E-state index in [0.717, 1.165) is 0 Å². The topological polar surface area (TPSA) is 25.1 Å². The monoisotopic (exact) mass is 194 g/mol. The zero-order valence-corrected chi connectivity index (χ0v) is 8.52. The fourth-order valence-corrected chi connectivity index (χ4v) is 2.46. The molecule has 4 atom stereocenters. The van der Waals surface area contributed by atoms with Gasteiger partial charge < -0.3 is 9.47 Å². The molecule has 14 heavy (non-hydrogen) atoms. The molecule has 0 spiro atoms. The molecule has 2 saturated heterocycles. The Morgan fingerprint density at radius 3 is 1.57 bits per heavy atom. The van der Waals surface area contributed by atoms with Crippen molar-refractivity contribution in [3.05, 3.63) is 12.2 Å². The first-order chi connectivity index (χ1) is 6.93. The third kappa shape index (κ3) is 2.01. The summed E-state index contributed by atoms with van der Waals surface area (Å²) in [5, 5.41) is 0. The van der Waals surface area contributed by atoms with Crippen LogP contribution in [0.1, 0.15) is 38.5 Å². The second-order valence-electron chi connectivity index (χ2n) is 4.63. The van der Waals surface area contributed by atoms with E-state index in [1.807, 2.05) is 0 Å². The summed E-state index contributed by atoms with van der Waals surface area (Å²) in [4.78, 5) is 0. The summed E-state index contributed by atoms with van der Waals surface area (Å²) in [6.45, 7) is 0. The highest BCUT2D eigenvalue weighted by atomic mass is 16.6. The molecule has 4 unspecified atom stereocenters. The van der Waals surface area contributed by atoms with Crippen molar-refractivity contribution in [3.8, 4) is 0 Å². The van der Waals surface area contributed by atoms with Gasteiger partial charge in [0.05, 0.1) is 24.4 Å². The van der Waals surface area contributed by atoms with Crippen LogP contribution < -0.4 is 0 Å². The molecular formula is C12H18O2. The van der Waals surface area contributed by atoms with Gasteiger partial charge in [0.25, 0.3) is 0 Å². The van der Waals surface area contributed by atoms with Gasteiger partial charge in [0, 0.05) is 0 Å². The second-order valence-corrected chi connectivity index (χ2v) is 4.63. The molecule has 2 fully saturated rings. The highest BCUT2D eigenvalue weighted by Crippen LogP contribution is 2.36. The fraction of sp³-hybridized carbons (Fsp3) is 0.833. The van der Waals surface area contributed by atoms with Crippen molar-refractivity contribution in [2.75, 3.05) is 0 Å². The fourth-order valence-electron chi connectivity index (χ4n) is 2.46. The van der Waals surface area contributed by atoms with E-state index in [2.05, 4.69) is 12.2 Å².